The molecular formula is C17H23N3O3S. The third-order valence-corrected chi connectivity index (χ3v) is 5.24. The van der Waals surface area contributed by atoms with E-state index in [-0.39, 0.29) is 30.5 Å². The molecule has 3 rings (SSSR count). The van der Waals surface area contributed by atoms with Crippen LogP contribution in [0.4, 0.5) is 0 Å². The van der Waals surface area contributed by atoms with E-state index in [0.717, 1.165) is 24.5 Å². The van der Waals surface area contributed by atoms with Crippen LogP contribution in [-0.4, -0.2) is 60.1 Å². The van der Waals surface area contributed by atoms with Crippen LogP contribution in [0.2, 0.25) is 0 Å². The maximum atomic E-state index is 12.3. The van der Waals surface area contributed by atoms with Gasteiger partial charge in [-0.1, -0.05) is 18.2 Å². The van der Waals surface area contributed by atoms with Gasteiger partial charge in [0.15, 0.2) is 6.61 Å². The van der Waals surface area contributed by atoms with Gasteiger partial charge in [-0.25, -0.2) is 0 Å². The van der Waals surface area contributed by atoms with Crippen LogP contribution in [-0.2, 0) is 9.59 Å². The minimum absolute atomic E-state index is 0.0202. The quantitative estimate of drug-likeness (QED) is 0.824. The minimum Gasteiger partial charge on any atom is -0.484 e. The van der Waals surface area contributed by atoms with Crippen molar-refractivity contribution in [1.82, 2.24) is 15.5 Å². The number of piperidine rings is 1. The van der Waals surface area contributed by atoms with Crippen molar-refractivity contribution in [2.75, 3.05) is 31.3 Å². The van der Waals surface area contributed by atoms with Crippen LogP contribution in [0.25, 0.3) is 0 Å². The number of benzene rings is 1. The van der Waals surface area contributed by atoms with E-state index in [2.05, 4.69) is 10.6 Å². The smallest absolute Gasteiger partial charge is 0.258 e. The first-order valence-corrected chi connectivity index (χ1v) is 9.45. The van der Waals surface area contributed by atoms with Gasteiger partial charge in [0.05, 0.1) is 6.04 Å². The standard InChI is InChI=1S/C17H23N3O3S/c21-16(10-23-14-4-2-1-3-5-14)19-13-6-8-20(9-7-13)17(22)15-11-24-12-18-15/h1-5,13,15,18H,6-12H2,(H,19,21). The Labute approximate surface area is 146 Å². The zero-order chi connectivity index (χ0) is 16.8. The summed E-state index contributed by atoms with van der Waals surface area (Å²) in [6, 6.07) is 9.38. The molecule has 0 spiro atoms. The molecule has 6 nitrogen and oxygen atoms in total. The number of nitrogens with zero attached hydrogens (tertiary/aromatic N) is 1. The van der Waals surface area contributed by atoms with Gasteiger partial charge in [0.2, 0.25) is 5.91 Å². The average Bonchev–Trinajstić information content (AvgIpc) is 3.16. The molecule has 1 aromatic carbocycles. The van der Waals surface area contributed by atoms with Crippen LogP contribution in [0.1, 0.15) is 12.8 Å². The highest BCUT2D eigenvalue weighted by molar-refractivity contribution is 7.99. The Hall–Kier alpha value is -1.73. The van der Waals surface area contributed by atoms with Crippen LogP contribution >= 0.6 is 11.8 Å². The summed E-state index contributed by atoms with van der Waals surface area (Å²) >= 11 is 1.76. The lowest BCUT2D eigenvalue weighted by Gasteiger charge is -2.33. The summed E-state index contributed by atoms with van der Waals surface area (Å²) in [5, 5.41) is 6.21. The Bertz CT molecular complexity index is 555. The zero-order valence-corrected chi connectivity index (χ0v) is 14.4. The monoisotopic (exact) mass is 349 g/mol. The number of nitrogens with one attached hydrogen (secondary N) is 2. The second-order valence-electron chi connectivity index (χ2n) is 6.04. The normalized spacial score (nSPS) is 21.5. The molecule has 1 aromatic rings. The molecule has 2 fully saturated rings. The first kappa shape index (κ1) is 17.1. The molecule has 0 bridgehead atoms. The Morgan fingerprint density at radius 1 is 1.25 bits per heavy atom. The number of carbonyl (C=O) groups is 2. The number of likely N-dealkylation sites (tertiary alicyclic amines) is 1. The molecule has 2 amide bonds. The highest BCUT2D eigenvalue weighted by Gasteiger charge is 2.30. The SMILES string of the molecule is O=C(COc1ccccc1)NC1CCN(C(=O)C2CSCN2)CC1. The van der Waals surface area contributed by atoms with Crippen molar-refractivity contribution in [2.45, 2.75) is 24.9 Å². The number of hydrogen-bond donors (Lipinski definition) is 2. The third kappa shape index (κ3) is 4.64. The summed E-state index contributed by atoms with van der Waals surface area (Å²) < 4.78 is 5.45. The van der Waals surface area contributed by atoms with Crippen molar-refractivity contribution in [1.29, 1.82) is 0 Å². The highest BCUT2D eigenvalue weighted by Crippen LogP contribution is 2.16. The number of ether oxygens (including phenoxy) is 1. The van der Waals surface area contributed by atoms with Gasteiger partial charge in [0.1, 0.15) is 5.75 Å². The first-order chi connectivity index (χ1) is 11.7. The average molecular weight is 349 g/mol. The number of hydrogen-bond acceptors (Lipinski definition) is 5. The Morgan fingerprint density at radius 3 is 2.67 bits per heavy atom. The van der Waals surface area contributed by atoms with Crippen molar-refractivity contribution in [3.63, 3.8) is 0 Å². The Kier molecular flexibility index (Phi) is 5.98. The van der Waals surface area contributed by atoms with Crippen LogP contribution in [0.3, 0.4) is 0 Å². The van der Waals surface area contributed by atoms with Gasteiger partial charge in [-0.05, 0) is 25.0 Å². The van der Waals surface area contributed by atoms with Crippen LogP contribution in [0.15, 0.2) is 30.3 Å². The molecule has 2 N–H and O–H groups in total. The van der Waals surface area contributed by atoms with Crippen molar-refractivity contribution < 1.29 is 14.3 Å². The highest BCUT2D eigenvalue weighted by atomic mass is 32.2. The predicted molar refractivity (Wildman–Crippen MR) is 93.9 cm³/mol. The fourth-order valence-corrected chi connectivity index (χ4v) is 3.89. The Morgan fingerprint density at radius 2 is 2.00 bits per heavy atom. The number of rotatable bonds is 5. The summed E-state index contributed by atoms with van der Waals surface area (Å²) in [6.07, 6.45) is 1.59. The summed E-state index contributed by atoms with van der Waals surface area (Å²) in [5.74, 6) is 2.47. The molecule has 2 aliphatic heterocycles. The van der Waals surface area contributed by atoms with E-state index in [0.29, 0.717) is 18.8 Å². The second-order valence-corrected chi connectivity index (χ2v) is 7.07. The van der Waals surface area contributed by atoms with Gasteiger partial charge < -0.3 is 15.0 Å². The van der Waals surface area contributed by atoms with Gasteiger partial charge in [-0.3, -0.25) is 14.9 Å². The molecule has 2 aliphatic rings. The molecule has 130 valence electrons. The lowest BCUT2D eigenvalue weighted by atomic mass is 10.0. The van der Waals surface area contributed by atoms with Crippen molar-refractivity contribution in [2.24, 2.45) is 0 Å². The molecule has 7 heteroatoms. The maximum absolute atomic E-state index is 12.3. The molecule has 0 saturated carbocycles. The minimum atomic E-state index is -0.113. The number of amides is 2. The Balaban J connectivity index is 1.37. The van der Waals surface area contributed by atoms with Crippen LogP contribution < -0.4 is 15.4 Å². The van der Waals surface area contributed by atoms with E-state index in [9.17, 15) is 9.59 Å². The molecule has 0 aliphatic carbocycles. The fourth-order valence-electron chi connectivity index (χ4n) is 2.95. The molecule has 24 heavy (non-hydrogen) atoms. The molecule has 2 saturated heterocycles. The van der Waals surface area contributed by atoms with Crippen LogP contribution in [0, 0.1) is 0 Å². The maximum Gasteiger partial charge on any atom is 0.258 e. The summed E-state index contributed by atoms with van der Waals surface area (Å²) in [5.41, 5.74) is 0. The second kappa shape index (κ2) is 8.39. The summed E-state index contributed by atoms with van der Waals surface area (Å²) in [6.45, 7) is 1.42. The lowest BCUT2D eigenvalue weighted by Crippen LogP contribution is -2.51. The van der Waals surface area contributed by atoms with Crippen molar-refractivity contribution in [3.05, 3.63) is 30.3 Å². The van der Waals surface area contributed by atoms with Gasteiger partial charge in [0.25, 0.3) is 5.91 Å². The topological polar surface area (TPSA) is 70.7 Å². The number of thioether (sulfide) groups is 1. The van der Waals surface area contributed by atoms with E-state index in [4.69, 9.17) is 4.74 Å². The third-order valence-electron chi connectivity index (χ3n) is 4.30. The van der Waals surface area contributed by atoms with Crippen molar-refractivity contribution in [3.8, 4) is 5.75 Å². The van der Waals surface area contributed by atoms with Crippen molar-refractivity contribution >= 4 is 23.6 Å². The van der Waals surface area contributed by atoms with Crippen LogP contribution in [0.5, 0.6) is 5.75 Å². The van der Waals surface area contributed by atoms with Gasteiger partial charge >= 0.3 is 0 Å². The zero-order valence-electron chi connectivity index (χ0n) is 13.6. The number of carbonyl (C=O) groups excluding carboxylic acids is 2. The first-order valence-electron chi connectivity index (χ1n) is 8.29. The van der Waals surface area contributed by atoms with Gasteiger partial charge in [-0.2, -0.15) is 0 Å². The van der Waals surface area contributed by atoms with E-state index >= 15 is 0 Å². The molecule has 0 aromatic heterocycles. The molecular weight excluding hydrogens is 326 g/mol. The van der Waals surface area contributed by atoms with E-state index in [1.165, 1.54) is 0 Å². The summed E-state index contributed by atoms with van der Waals surface area (Å²) in [4.78, 5) is 26.2. The fraction of sp³-hybridized carbons (Fsp3) is 0.529. The molecule has 0 radical (unpaired) electrons. The van der Waals surface area contributed by atoms with Gasteiger partial charge in [-0.15, -0.1) is 11.8 Å². The van der Waals surface area contributed by atoms with E-state index in [1.54, 1.807) is 11.8 Å². The largest absolute Gasteiger partial charge is 0.484 e. The summed E-state index contributed by atoms with van der Waals surface area (Å²) in [7, 11) is 0. The number of para-hydroxylation sites is 1. The molecule has 2 heterocycles. The predicted octanol–water partition coefficient (Wildman–Crippen LogP) is 0.835. The molecule has 1 atom stereocenters. The van der Waals surface area contributed by atoms with E-state index in [1.807, 2.05) is 35.2 Å². The van der Waals surface area contributed by atoms with E-state index < -0.39 is 0 Å². The lowest BCUT2D eigenvalue weighted by molar-refractivity contribution is -0.133. The molecule has 1 unspecified atom stereocenters. The van der Waals surface area contributed by atoms with Gasteiger partial charge in [0, 0.05) is 30.8 Å².